The molecule has 0 saturated carbocycles. The highest BCUT2D eigenvalue weighted by Crippen LogP contribution is 2.65. The Balaban J connectivity index is 1.62. The first-order valence-electron chi connectivity index (χ1n) is 11.7. The Morgan fingerprint density at radius 1 is 0.667 bits per heavy atom. The summed E-state index contributed by atoms with van der Waals surface area (Å²) in [6, 6.07) is 36.0. The lowest BCUT2D eigenvalue weighted by atomic mass is 9.67. The zero-order valence-corrected chi connectivity index (χ0v) is 20.1. The minimum Gasteiger partial charge on any atom is -0.0665 e. The van der Waals surface area contributed by atoms with Gasteiger partial charge in [0.15, 0.2) is 0 Å². The van der Waals surface area contributed by atoms with Crippen LogP contribution >= 0.6 is 15.9 Å². The number of halogens is 1. The number of fused-ring (bicyclic) bond motifs is 9. The van der Waals surface area contributed by atoms with Gasteiger partial charge in [-0.05, 0) is 74.1 Å². The zero-order valence-electron chi connectivity index (χ0n) is 18.5. The maximum absolute atomic E-state index is 3.97. The number of rotatable bonds is 1. The molecule has 33 heavy (non-hydrogen) atoms. The summed E-state index contributed by atoms with van der Waals surface area (Å²) in [6.45, 7) is 2.34. The van der Waals surface area contributed by atoms with Crippen molar-refractivity contribution in [1.29, 1.82) is 0 Å². The average Bonchev–Trinajstić information content (AvgIpc) is 3.31. The van der Waals surface area contributed by atoms with E-state index in [0.717, 1.165) is 6.42 Å². The zero-order chi connectivity index (χ0) is 22.2. The second-order valence-electron chi connectivity index (χ2n) is 9.52. The molecule has 0 amide bonds. The van der Waals surface area contributed by atoms with Crippen LogP contribution in [0.2, 0.25) is 0 Å². The molecule has 2 atom stereocenters. The monoisotopic (exact) mass is 486 g/mol. The molecule has 0 bridgehead atoms. The summed E-state index contributed by atoms with van der Waals surface area (Å²) in [7, 11) is 0. The van der Waals surface area contributed by atoms with Crippen LogP contribution in [0.5, 0.6) is 0 Å². The van der Waals surface area contributed by atoms with Crippen LogP contribution in [0.1, 0.15) is 35.6 Å². The van der Waals surface area contributed by atoms with Crippen LogP contribution in [0.4, 0.5) is 0 Å². The van der Waals surface area contributed by atoms with Gasteiger partial charge in [-0.15, -0.1) is 0 Å². The van der Waals surface area contributed by atoms with Crippen LogP contribution in [0.25, 0.3) is 27.8 Å². The van der Waals surface area contributed by atoms with Crippen LogP contribution in [0, 0.1) is 5.92 Å². The second-order valence-corrected chi connectivity index (χ2v) is 10.4. The number of hydrogen-bond donors (Lipinski definition) is 0. The van der Waals surface area contributed by atoms with Gasteiger partial charge in [-0.1, -0.05) is 120 Å². The molecule has 4 aromatic rings. The molecule has 3 aliphatic rings. The van der Waals surface area contributed by atoms with Crippen LogP contribution in [0.3, 0.4) is 0 Å². The van der Waals surface area contributed by atoms with Crippen molar-refractivity contribution in [2.45, 2.75) is 18.8 Å². The van der Waals surface area contributed by atoms with E-state index in [1.54, 1.807) is 5.57 Å². The van der Waals surface area contributed by atoms with E-state index >= 15 is 0 Å². The Morgan fingerprint density at radius 3 is 2.09 bits per heavy atom. The normalized spacial score (nSPS) is 22.0. The quantitative estimate of drug-likeness (QED) is 0.252. The van der Waals surface area contributed by atoms with Gasteiger partial charge < -0.3 is 0 Å². The fourth-order valence-corrected chi connectivity index (χ4v) is 7.39. The molecule has 0 aliphatic heterocycles. The van der Waals surface area contributed by atoms with Gasteiger partial charge >= 0.3 is 0 Å². The Hall–Kier alpha value is -3.16. The fraction of sp³-hybridized carbons (Fsp3) is 0.125. The van der Waals surface area contributed by atoms with Gasteiger partial charge in [0.25, 0.3) is 0 Å². The number of benzene rings is 4. The summed E-state index contributed by atoms with van der Waals surface area (Å²) in [4.78, 5) is 0. The molecule has 1 heteroatoms. The summed E-state index contributed by atoms with van der Waals surface area (Å²) in [5.74, 6) is 0.498. The third-order valence-corrected chi connectivity index (χ3v) is 8.36. The first kappa shape index (κ1) is 19.3. The largest absolute Gasteiger partial charge is 0.0689 e. The minimum absolute atomic E-state index is 0.232. The van der Waals surface area contributed by atoms with Gasteiger partial charge in [-0.2, -0.15) is 0 Å². The molecule has 0 radical (unpaired) electrons. The predicted molar refractivity (Wildman–Crippen MR) is 141 cm³/mol. The van der Waals surface area contributed by atoms with Crippen LogP contribution in [0.15, 0.2) is 113 Å². The van der Waals surface area contributed by atoms with Crippen molar-refractivity contribution in [2.75, 3.05) is 0 Å². The molecule has 0 N–H and O–H groups in total. The highest BCUT2D eigenvalue weighted by Gasteiger charge is 2.53. The Bertz CT molecular complexity index is 1500. The number of allylic oxidation sites excluding steroid dienone is 4. The molecule has 0 aromatic heterocycles. The third kappa shape index (κ3) is 2.46. The standard InChI is InChI=1S/C32H23Br/c1-20-17-29-31(30(33)18-20)25-12-6-8-14-27(25)32(29)26-13-7-5-11-23(26)24-16-15-22(19-28(24)32)21-9-3-2-4-10-21/h2-16,18-20H,17H2,1H3. The van der Waals surface area contributed by atoms with Gasteiger partial charge in [-0.3, -0.25) is 0 Å². The summed E-state index contributed by atoms with van der Waals surface area (Å²) < 4.78 is 1.24. The van der Waals surface area contributed by atoms with Crippen molar-refractivity contribution >= 4 is 21.5 Å². The molecular weight excluding hydrogens is 464 g/mol. The van der Waals surface area contributed by atoms with E-state index in [2.05, 4.69) is 126 Å². The van der Waals surface area contributed by atoms with Gasteiger partial charge in [0.1, 0.15) is 0 Å². The van der Waals surface area contributed by atoms with Crippen molar-refractivity contribution < 1.29 is 0 Å². The molecule has 0 heterocycles. The van der Waals surface area contributed by atoms with Gasteiger partial charge in [-0.25, -0.2) is 0 Å². The molecule has 1 spiro atoms. The van der Waals surface area contributed by atoms with Crippen molar-refractivity contribution in [1.82, 2.24) is 0 Å². The van der Waals surface area contributed by atoms with Crippen LogP contribution in [-0.2, 0) is 5.41 Å². The van der Waals surface area contributed by atoms with Gasteiger partial charge in [0.05, 0.1) is 5.41 Å². The van der Waals surface area contributed by atoms with E-state index in [-0.39, 0.29) is 5.41 Å². The first-order valence-corrected chi connectivity index (χ1v) is 12.5. The minimum atomic E-state index is -0.232. The van der Waals surface area contributed by atoms with Gasteiger partial charge in [0.2, 0.25) is 0 Å². The lowest BCUT2D eigenvalue weighted by Gasteiger charge is -2.35. The topological polar surface area (TPSA) is 0 Å². The summed E-state index contributed by atoms with van der Waals surface area (Å²) in [5, 5.41) is 0. The highest BCUT2D eigenvalue weighted by atomic mass is 79.9. The Labute approximate surface area is 203 Å². The maximum Gasteiger partial charge on any atom is 0.0689 e. The smallest absolute Gasteiger partial charge is 0.0665 e. The van der Waals surface area contributed by atoms with Gasteiger partial charge in [0, 0.05) is 4.48 Å². The lowest BCUT2D eigenvalue weighted by Crippen LogP contribution is -2.28. The van der Waals surface area contributed by atoms with Crippen molar-refractivity contribution in [3.63, 3.8) is 0 Å². The maximum atomic E-state index is 3.97. The van der Waals surface area contributed by atoms with Crippen LogP contribution < -0.4 is 0 Å². The van der Waals surface area contributed by atoms with E-state index in [0.29, 0.717) is 5.92 Å². The SMILES string of the molecule is CC1C=C(Br)C2=C(C1)C1(c3ccccc32)c2ccccc2-c2ccc(-c3ccccc3)cc21. The molecule has 158 valence electrons. The molecule has 0 saturated heterocycles. The average molecular weight is 487 g/mol. The van der Waals surface area contributed by atoms with E-state index < -0.39 is 0 Å². The predicted octanol–water partition coefficient (Wildman–Crippen LogP) is 8.75. The summed E-state index contributed by atoms with van der Waals surface area (Å²) >= 11 is 3.97. The van der Waals surface area contributed by atoms with E-state index in [1.807, 2.05) is 0 Å². The summed E-state index contributed by atoms with van der Waals surface area (Å²) in [5.41, 5.74) is 13.6. The van der Waals surface area contributed by atoms with Crippen molar-refractivity contribution in [3.05, 3.63) is 135 Å². The van der Waals surface area contributed by atoms with Crippen LogP contribution in [-0.4, -0.2) is 0 Å². The fourth-order valence-electron chi connectivity index (χ4n) is 6.49. The first-order chi connectivity index (χ1) is 16.2. The molecule has 0 fully saturated rings. The summed E-state index contributed by atoms with van der Waals surface area (Å²) in [6.07, 6.45) is 3.46. The van der Waals surface area contributed by atoms with Crippen molar-refractivity contribution in [3.8, 4) is 22.3 Å². The Morgan fingerprint density at radius 2 is 1.30 bits per heavy atom. The van der Waals surface area contributed by atoms with Crippen molar-refractivity contribution in [2.24, 2.45) is 5.92 Å². The van der Waals surface area contributed by atoms with E-state index in [4.69, 9.17) is 0 Å². The number of hydrogen-bond acceptors (Lipinski definition) is 0. The molecular formula is C32H23Br. The Kier molecular flexibility index (Phi) is 4.05. The van der Waals surface area contributed by atoms with E-state index in [9.17, 15) is 0 Å². The lowest BCUT2D eigenvalue weighted by molar-refractivity contribution is 0.630. The molecule has 0 nitrogen and oxygen atoms in total. The molecule has 2 unspecified atom stereocenters. The molecule has 7 rings (SSSR count). The molecule has 3 aliphatic carbocycles. The third-order valence-electron chi connectivity index (χ3n) is 7.70. The van der Waals surface area contributed by atoms with E-state index in [1.165, 1.54) is 54.6 Å². The molecule has 4 aromatic carbocycles. The second kappa shape index (κ2) is 6.92. The highest BCUT2D eigenvalue weighted by molar-refractivity contribution is 9.12.